The van der Waals surface area contributed by atoms with Gasteiger partial charge in [-0.1, -0.05) is 36.7 Å². The molecule has 2 aliphatic carbocycles. The molecule has 6 aliphatic rings. The number of aryl methyl sites for hydroxylation is 1. The summed E-state index contributed by atoms with van der Waals surface area (Å²) < 4.78 is 42.7. The predicted octanol–water partition coefficient (Wildman–Crippen LogP) is 6.17. The van der Waals surface area contributed by atoms with Crippen molar-refractivity contribution in [1.82, 2.24) is 14.2 Å². The highest BCUT2D eigenvalue weighted by molar-refractivity contribution is 7.93. The SMILES string of the molecule is C[C@@H]1[C@@H](C)C/C=C\[C@H](O)[C@@H]2CC[C@H]2CN2C[C@@]3(CCCc4cc(Cl)ccc43)COc3ccc(cc32)C(=O)N=S1(=O)NC(=O)c1cc2n(c1)C[C@H](CN1CCOCC1)OC2. The fourth-order valence-electron chi connectivity index (χ4n) is 10.1. The summed E-state index contributed by atoms with van der Waals surface area (Å²) in [5.74, 6) is -0.468. The van der Waals surface area contributed by atoms with Gasteiger partial charge in [-0.15, -0.1) is 4.36 Å². The fourth-order valence-corrected chi connectivity index (χ4v) is 12.1. The number of nitrogens with one attached hydrogen (secondary N) is 1. The number of halogens is 1. The summed E-state index contributed by atoms with van der Waals surface area (Å²) in [6, 6.07) is 13.3. The molecular weight excluding hydrogens is 790 g/mol. The molecule has 1 unspecified atom stereocenters. The normalized spacial score (nSPS) is 32.9. The number of aromatic nitrogens is 1. The van der Waals surface area contributed by atoms with Crippen LogP contribution in [0.2, 0.25) is 5.02 Å². The first-order chi connectivity index (χ1) is 28.5. The fraction of sp³-hybridized carbons (Fsp3) is 0.556. The van der Waals surface area contributed by atoms with Gasteiger partial charge in [-0.05, 0) is 111 Å². The molecule has 0 radical (unpaired) electrons. The minimum atomic E-state index is -3.68. The second-order valence-electron chi connectivity index (χ2n) is 17.7. The van der Waals surface area contributed by atoms with Gasteiger partial charge < -0.3 is 28.8 Å². The Kier molecular flexibility index (Phi) is 11.5. The molecule has 1 aromatic heterocycles. The zero-order valence-electron chi connectivity index (χ0n) is 34.0. The standard InChI is InChI=1S/C45H56ClN5O7S/c1-29-5-3-7-41(52)38-11-8-33(38)22-51-27-45(14-4-6-31-19-35(46)10-12-39(31)45)28-58-42-13-9-32(21-40(42)51)43(53)47-59(55,30(29)2)48-44(54)34-20-36-26-57-37(25-50(36)23-34)24-49-15-17-56-18-16-49/h3,7,9-10,12-13,19-21,23,29-30,33,37-38,41,52H,4-6,8,11,14-18,22,24-28H2,1-2H3,(H,47,48,53,54,55)/b7-3-/t29-,30+,33-,37-,38+,41-,45-,59?/m0/s1. The van der Waals surface area contributed by atoms with Crippen molar-refractivity contribution in [2.24, 2.45) is 22.1 Å². The summed E-state index contributed by atoms with van der Waals surface area (Å²) in [5, 5.41) is 11.5. The smallest absolute Gasteiger partial charge is 0.286 e. The van der Waals surface area contributed by atoms with Gasteiger partial charge in [0.05, 0.1) is 55.1 Å². The van der Waals surface area contributed by atoms with Crippen LogP contribution in [-0.4, -0.2) is 101 Å². The number of nitrogens with zero attached hydrogens (tertiary/aromatic N) is 4. The molecule has 9 rings (SSSR count). The van der Waals surface area contributed by atoms with Crippen molar-refractivity contribution in [1.29, 1.82) is 0 Å². The van der Waals surface area contributed by atoms with Gasteiger partial charge in [0.15, 0.2) is 0 Å². The monoisotopic (exact) mass is 845 g/mol. The molecule has 1 saturated heterocycles. The summed E-state index contributed by atoms with van der Waals surface area (Å²) >= 11 is 6.48. The largest absolute Gasteiger partial charge is 0.490 e. The summed E-state index contributed by atoms with van der Waals surface area (Å²) in [5.41, 5.74) is 4.42. The lowest BCUT2D eigenvalue weighted by atomic mass is 9.68. The molecule has 4 aliphatic heterocycles. The van der Waals surface area contributed by atoms with Crippen LogP contribution in [-0.2, 0) is 44.4 Å². The molecule has 8 atom stereocenters. The minimum Gasteiger partial charge on any atom is -0.490 e. The zero-order chi connectivity index (χ0) is 40.9. The van der Waals surface area contributed by atoms with E-state index in [1.807, 2.05) is 41.8 Å². The number of hydrogen-bond acceptors (Lipinski definition) is 9. The molecule has 12 nitrogen and oxygen atoms in total. The van der Waals surface area contributed by atoms with E-state index in [9.17, 15) is 14.7 Å². The predicted molar refractivity (Wildman–Crippen MR) is 227 cm³/mol. The average Bonchev–Trinajstić information content (AvgIpc) is 3.58. The van der Waals surface area contributed by atoms with Crippen LogP contribution in [0.25, 0.3) is 0 Å². The van der Waals surface area contributed by atoms with Crippen LogP contribution in [0.3, 0.4) is 0 Å². The van der Waals surface area contributed by atoms with Crippen LogP contribution < -0.4 is 14.4 Å². The van der Waals surface area contributed by atoms with E-state index in [2.05, 4.69) is 31.0 Å². The highest BCUT2D eigenvalue weighted by atomic mass is 35.5. The molecule has 2 N–H and O–H groups in total. The highest BCUT2D eigenvalue weighted by Gasteiger charge is 2.44. The van der Waals surface area contributed by atoms with Crippen LogP contribution in [0.15, 0.2) is 65.2 Å². The lowest BCUT2D eigenvalue weighted by Crippen LogP contribution is -2.49. The van der Waals surface area contributed by atoms with Crippen molar-refractivity contribution in [2.45, 2.75) is 88.4 Å². The summed E-state index contributed by atoms with van der Waals surface area (Å²) in [6.07, 6.45) is 10.2. The number of rotatable bonds is 4. The Hall–Kier alpha value is -3.72. The van der Waals surface area contributed by atoms with E-state index in [1.54, 1.807) is 25.3 Å². The third-order valence-corrected chi connectivity index (χ3v) is 16.6. The number of carbonyl (C=O) groups is 2. The van der Waals surface area contributed by atoms with Crippen molar-refractivity contribution in [3.8, 4) is 5.75 Å². The average molecular weight is 846 g/mol. The van der Waals surface area contributed by atoms with Crippen LogP contribution in [0.4, 0.5) is 5.69 Å². The Morgan fingerprint density at radius 2 is 1.95 bits per heavy atom. The Balaban J connectivity index is 1.04. The molecule has 2 fully saturated rings. The van der Waals surface area contributed by atoms with E-state index in [1.165, 1.54) is 11.1 Å². The second kappa shape index (κ2) is 16.6. The lowest BCUT2D eigenvalue weighted by molar-refractivity contribution is -0.0376. The maximum Gasteiger partial charge on any atom is 0.286 e. The van der Waals surface area contributed by atoms with E-state index in [-0.39, 0.29) is 34.8 Å². The van der Waals surface area contributed by atoms with Gasteiger partial charge in [0.2, 0.25) is 0 Å². The number of carbonyl (C=O) groups excluding carboxylic acids is 2. The number of allylic oxidation sites excluding steroid dienone is 1. The minimum absolute atomic E-state index is 0.0333. The van der Waals surface area contributed by atoms with Gasteiger partial charge in [0.25, 0.3) is 11.8 Å². The number of morpholine rings is 1. The van der Waals surface area contributed by atoms with Crippen molar-refractivity contribution in [3.63, 3.8) is 0 Å². The van der Waals surface area contributed by atoms with Crippen LogP contribution in [0.1, 0.15) is 83.5 Å². The number of amides is 2. The topological polar surface area (TPSA) is 135 Å². The molecule has 316 valence electrons. The van der Waals surface area contributed by atoms with Crippen LogP contribution >= 0.6 is 11.6 Å². The highest BCUT2D eigenvalue weighted by Crippen LogP contribution is 2.47. The van der Waals surface area contributed by atoms with E-state index in [4.69, 9.17) is 25.8 Å². The Labute approximate surface area is 352 Å². The number of anilines is 1. The first kappa shape index (κ1) is 40.7. The molecule has 59 heavy (non-hydrogen) atoms. The van der Waals surface area contributed by atoms with Crippen LogP contribution in [0.5, 0.6) is 5.75 Å². The van der Waals surface area contributed by atoms with E-state index < -0.39 is 33.1 Å². The number of aliphatic hydroxyl groups excluding tert-OH is 1. The van der Waals surface area contributed by atoms with E-state index >= 15 is 4.21 Å². The van der Waals surface area contributed by atoms with Crippen molar-refractivity contribution >= 4 is 39.0 Å². The van der Waals surface area contributed by atoms with Gasteiger partial charge in [-0.25, -0.2) is 4.21 Å². The summed E-state index contributed by atoms with van der Waals surface area (Å²) in [7, 11) is -3.68. The van der Waals surface area contributed by atoms with Gasteiger partial charge in [0.1, 0.15) is 15.7 Å². The van der Waals surface area contributed by atoms with Crippen molar-refractivity contribution in [3.05, 3.63) is 93.8 Å². The lowest BCUT2D eigenvalue weighted by Gasteiger charge is -2.45. The quantitative estimate of drug-likeness (QED) is 0.296. The first-order valence-electron chi connectivity index (χ1n) is 21.4. The first-order valence-corrected chi connectivity index (χ1v) is 23.3. The third kappa shape index (κ3) is 8.23. The molecule has 2 amide bonds. The molecule has 5 heterocycles. The molecule has 3 aromatic rings. The van der Waals surface area contributed by atoms with Crippen molar-refractivity contribution in [2.75, 3.05) is 57.4 Å². The molecule has 2 bridgehead atoms. The number of benzene rings is 2. The Morgan fingerprint density at radius 3 is 2.76 bits per heavy atom. The summed E-state index contributed by atoms with van der Waals surface area (Å²) in [6.45, 7) is 10.4. The van der Waals surface area contributed by atoms with Crippen molar-refractivity contribution < 1.29 is 33.1 Å². The number of ether oxygens (including phenoxy) is 3. The second-order valence-corrected chi connectivity index (χ2v) is 20.4. The molecule has 1 spiro atoms. The molecule has 2 aromatic carbocycles. The molecule has 14 heteroatoms. The summed E-state index contributed by atoms with van der Waals surface area (Å²) in [4.78, 5) is 33.1. The maximum absolute atomic E-state index is 15.1. The van der Waals surface area contributed by atoms with Crippen LogP contribution in [0, 0.1) is 17.8 Å². The van der Waals surface area contributed by atoms with Gasteiger partial charge in [0, 0.05) is 67.2 Å². The van der Waals surface area contributed by atoms with E-state index in [0.717, 1.165) is 68.1 Å². The van der Waals surface area contributed by atoms with Gasteiger partial charge >= 0.3 is 0 Å². The van der Waals surface area contributed by atoms with Gasteiger partial charge in [-0.3, -0.25) is 19.2 Å². The molecular formula is C45H56ClN5O7S. The third-order valence-electron chi connectivity index (χ3n) is 13.9. The van der Waals surface area contributed by atoms with Gasteiger partial charge in [-0.2, -0.15) is 0 Å². The zero-order valence-corrected chi connectivity index (χ0v) is 35.6. The Morgan fingerprint density at radius 1 is 1.10 bits per heavy atom. The number of fused-ring (bicyclic) bond motifs is 5. The Bertz CT molecular complexity index is 2250. The maximum atomic E-state index is 15.1. The molecule has 1 saturated carbocycles. The number of aliphatic hydroxyl groups is 1. The number of hydrogen-bond donors (Lipinski definition) is 2. The van der Waals surface area contributed by atoms with E-state index in [0.29, 0.717) is 63.8 Å².